The number of ether oxygens (including phenoxy) is 1. The minimum Gasteiger partial charge on any atom is -0.492 e. The van der Waals surface area contributed by atoms with Gasteiger partial charge in [-0.2, -0.15) is 0 Å². The molecule has 20 heavy (non-hydrogen) atoms. The van der Waals surface area contributed by atoms with Crippen LogP contribution in [-0.4, -0.2) is 48.3 Å². The second-order valence-electron chi connectivity index (χ2n) is 4.84. The molecule has 0 bridgehead atoms. The normalized spacial score (nSPS) is 14.3. The molecule has 0 atom stereocenters. The lowest BCUT2D eigenvalue weighted by Gasteiger charge is -2.20. The fraction of sp³-hybridized carbons (Fsp3) is 0.500. The Labute approximate surface area is 118 Å². The van der Waals surface area contributed by atoms with Crippen molar-refractivity contribution in [3.8, 4) is 5.75 Å². The first kappa shape index (κ1) is 14.8. The van der Waals surface area contributed by atoms with E-state index in [1.54, 1.807) is 24.3 Å². The van der Waals surface area contributed by atoms with Crippen molar-refractivity contribution in [2.24, 2.45) is 5.84 Å². The molecule has 0 unspecified atom stereocenters. The third-order valence-electron chi connectivity index (χ3n) is 3.35. The van der Waals surface area contributed by atoms with Crippen LogP contribution >= 0.6 is 0 Å². The number of hydrazine groups is 1. The molecule has 0 spiro atoms. The zero-order chi connectivity index (χ0) is 14.4. The lowest BCUT2D eigenvalue weighted by Crippen LogP contribution is -2.33. The summed E-state index contributed by atoms with van der Waals surface area (Å²) in [6.45, 7) is 2.25. The summed E-state index contributed by atoms with van der Waals surface area (Å²) in [5.74, 6) is 5.46. The van der Waals surface area contributed by atoms with E-state index in [-0.39, 0.29) is 12.5 Å². The van der Waals surface area contributed by atoms with Crippen LogP contribution < -0.4 is 16.0 Å². The average Bonchev–Trinajstić information content (AvgIpc) is 3.31. The van der Waals surface area contributed by atoms with E-state index < -0.39 is 0 Å². The Morgan fingerprint density at radius 3 is 2.60 bits per heavy atom. The topological polar surface area (TPSA) is 87.8 Å². The summed E-state index contributed by atoms with van der Waals surface area (Å²) in [6.07, 6.45) is 2.42. The molecule has 4 N–H and O–H groups in total. The van der Waals surface area contributed by atoms with E-state index in [0.29, 0.717) is 24.8 Å². The first-order chi connectivity index (χ1) is 9.74. The molecule has 1 amide bonds. The highest BCUT2D eigenvalue weighted by Gasteiger charge is 2.28. The van der Waals surface area contributed by atoms with Crippen molar-refractivity contribution in [1.29, 1.82) is 0 Å². The maximum atomic E-state index is 11.3. The Kier molecular flexibility index (Phi) is 5.34. The highest BCUT2D eigenvalue weighted by Crippen LogP contribution is 2.26. The van der Waals surface area contributed by atoms with Crippen LogP contribution in [0.2, 0.25) is 0 Å². The smallest absolute Gasteiger partial charge is 0.265 e. The van der Waals surface area contributed by atoms with Crippen LogP contribution in [0.15, 0.2) is 24.3 Å². The second kappa shape index (κ2) is 7.23. The number of benzene rings is 1. The van der Waals surface area contributed by atoms with Gasteiger partial charge in [-0.15, -0.1) is 0 Å². The number of hydrogen-bond acceptors (Lipinski definition) is 5. The Balaban J connectivity index is 1.77. The third-order valence-corrected chi connectivity index (χ3v) is 3.35. The van der Waals surface area contributed by atoms with Gasteiger partial charge in [0.05, 0.1) is 6.61 Å². The van der Waals surface area contributed by atoms with Gasteiger partial charge < -0.3 is 9.84 Å². The van der Waals surface area contributed by atoms with Crippen molar-refractivity contribution in [3.63, 3.8) is 0 Å². The molecule has 2 rings (SSSR count). The van der Waals surface area contributed by atoms with Crippen molar-refractivity contribution in [1.82, 2.24) is 10.3 Å². The minimum atomic E-state index is -0.320. The summed E-state index contributed by atoms with van der Waals surface area (Å²) in [6, 6.07) is 7.45. The Morgan fingerprint density at radius 1 is 1.35 bits per heavy atom. The molecular weight excluding hydrogens is 258 g/mol. The van der Waals surface area contributed by atoms with E-state index in [4.69, 9.17) is 15.7 Å². The lowest BCUT2D eigenvalue weighted by atomic mass is 10.2. The van der Waals surface area contributed by atoms with Crippen LogP contribution in [0.3, 0.4) is 0 Å². The first-order valence-electron chi connectivity index (χ1n) is 6.83. The molecule has 0 aliphatic heterocycles. The molecular formula is C14H21N3O3. The van der Waals surface area contributed by atoms with E-state index >= 15 is 0 Å². The summed E-state index contributed by atoms with van der Waals surface area (Å²) >= 11 is 0. The lowest BCUT2D eigenvalue weighted by molar-refractivity contribution is 0.0953. The average molecular weight is 279 g/mol. The molecule has 110 valence electrons. The van der Waals surface area contributed by atoms with Crippen molar-refractivity contribution in [2.45, 2.75) is 18.9 Å². The number of hydrogen-bond donors (Lipinski definition) is 3. The molecule has 6 heteroatoms. The number of aliphatic hydroxyl groups excluding tert-OH is 1. The van der Waals surface area contributed by atoms with E-state index in [9.17, 15) is 4.79 Å². The minimum absolute atomic E-state index is 0.180. The molecule has 0 heterocycles. The van der Waals surface area contributed by atoms with E-state index in [0.717, 1.165) is 12.3 Å². The predicted molar refractivity (Wildman–Crippen MR) is 75.3 cm³/mol. The molecule has 0 aromatic heterocycles. The van der Waals surface area contributed by atoms with Gasteiger partial charge in [-0.05, 0) is 37.1 Å². The van der Waals surface area contributed by atoms with Gasteiger partial charge in [0.1, 0.15) is 12.4 Å². The monoisotopic (exact) mass is 279 g/mol. The quantitative estimate of drug-likeness (QED) is 0.357. The van der Waals surface area contributed by atoms with Gasteiger partial charge >= 0.3 is 0 Å². The zero-order valence-electron chi connectivity index (χ0n) is 11.4. The van der Waals surface area contributed by atoms with Crippen LogP contribution in [-0.2, 0) is 0 Å². The van der Waals surface area contributed by atoms with Gasteiger partial charge in [-0.3, -0.25) is 15.1 Å². The number of carbonyl (C=O) groups excluding carboxylic acids is 1. The van der Waals surface area contributed by atoms with Crippen LogP contribution in [0.4, 0.5) is 0 Å². The third kappa shape index (κ3) is 4.19. The van der Waals surface area contributed by atoms with Crippen molar-refractivity contribution < 1.29 is 14.6 Å². The molecule has 1 aromatic rings. The van der Waals surface area contributed by atoms with Crippen molar-refractivity contribution in [3.05, 3.63) is 29.8 Å². The Hall–Kier alpha value is -1.63. The number of nitrogen functional groups attached to an aromatic ring is 1. The number of amides is 1. The number of nitrogens with two attached hydrogens (primary N) is 1. The fourth-order valence-corrected chi connectivity index (χ4v) is 2.11. The standard InChI is InChI=1S/C14H21N3O3/c15-16-14(19)11-1-5-13(6-2-11)20-10-8-17(7-9-18)12-3-4-12/h1-2,5-6,12,18H,3-4,7-10,15H2,(H,16,19). The van der Waals surface area contributed by atoms with Crippen molar-refractivity contribution >= 4 is 5.91 Å². The molecule has 0 radical (unpaired) electrons. The van der Waals surface area contributed by atoms with E-state index in [1.165, 1.54) is 12.8 Å². The van der Waals surface area contributed by atoms with Gasteiger partial charge in [0.25, 0.3) is 5.91 Å². The van der Waals surface area contributed by atoms with Gasteiger partial charge in [-0.1, -0.05) is 0 Å². The Bertz CT molecular complexity index is 432. The Morgan fingerprint density at radius 2 is 2.05 bits per heavy atom. The maximum Gasteiger partial charge on any atom is 0.265 e. The molecule has 1 aromatic carbocycles. The van der Waals surface area contributed by atoms with Gasteiger partial charge in [-0.25, -0.2) is 5.84 Å². The largest absolute Gasteiger partial charge is 0.492 e. The number of nitrogens with one attached hydrogen (secondary N) is 1. The first-order valence-corrected chi connectivity index (χ1v) is 6.83. The molecule has 1 fully saturated rings. The summed E-state index contributed by atoms with van der Waals surface area (Å²) < 4.78 is 5.64. The number of nitrogens with zero attached hydrogens (tertiary/aromatic N) is 1. The van der Waals surface area contributed by atoms with E-state index in [1.807, 2.05) is 0 Å². The second-order valence-corrected chi connectivity index (χ2v) is 4.84. The molecule has 0 saturated heterocycles. The van der Waals surface area contributed by atoms with Crippen molar-refractivity contribution in [2.75, 3.05) is 26.3 Å². The fourth-order valence-electron chi connectivity index (χ4n) is 2.11. The zero-order valence-corrected chi connectivity index (χ0v) is 11.4. The number of rotatable bonds is 8. The highest BCUT2D eigenvalue weighted by molar-refractivity contribution is 5.93. The van der Waals surface area contributed by atoms with Crippen LogP contribution in [0.5, 0.6) is 5.75 Å². The summed E-state index contributed by atoms with van der Waals surface area (Å²) in [4.78, 5) is 13.5. The number of aliphatic hydroxyl groups is 1. The van der Waals surface area contributed by atoms with Gasteiger partial charge in [0.15, 0.2) is 0 Å². The molecule has 1 aliphatic rings. The summed E-state index contributed by atoms with van der Waals surface area (Å²) in [5.41, 5.74) is 2.58. The van der Waals surface area contributed by atoms with Crippen LogP contribution in [0.1, 0.15) is 23.2 Å². The summed E-state index contributed by atoms with van der Waals surface area (Å²) in [7, 11) is 0. The maximum absolute atomic E-state index is 11.3. The molecule has 1 aliphatic carbocycles. The SMILES string of the molecule is NNC(=O)c1ccc(OCCN(CCO)C2CC2)cc1. The van der Waals surface area contributed by atoms with Crippen LogP contribution in [0.25, 0.3) is 0 Å². The predicted octanol–water partition coefficient (Wildman–Crippen LogP) is 0.126. The van der Waals surface area contributed by atoms with E-state index in [2.05, 4.69) is 10.3 Å². The van der Waals surface area contributed by atoms with Gasteiger partial charge in [0, 0.05) is 24.7 Å². The van der Waals surface area contributed by atoms with Gasteiger partial charge in [0.2, 0.25) is 0 Å². The van der Waals surface area contributed by atoms with Crippen LogP contribution in [0, 0.1) is 0 Å². The molecule has 1 saturated carbocycles. The summed E-state index contributed by atoms with van der Waals surface area (Å²) in [5, 5.41) is 9.01. The molecule has 6 nitrogen and oxygen atoms in total. The number of carbonyl (C=O) groups is 1. The highest BCUT2D eigenvalue weighted by atomic mass is 16.5.